The fraction of sp³-hybridized carbons (Fsp3) is 0.636. The van der Waals surface area contributed by atoms with Gasteiger partial charge in [0.2, 0.25) is 5.82 Å². The quantitative estimate of drug-likeness (QED) is 0.338. The van der Waals surface area contributed by atoms with Crippen molar-refractivity contribution in [1.29, 1.82) is 0 Å². The first-order valence-corrected chi connectivity index (χ1v) is 9.90. The van der Waals surface area contributed by atoms with Crippen LogP contribution in [0.15, 0.2) is 24.5 Å². The minimum atomic E-state index is -0.879. The first kappa shape index (κ1) is 19.9. The van der Waals surface area contributed by atoms with Gasteiger partial charge >= 0.3 is 0 Å². The molecule has 0 unspecified atom stereocenters. The van der Waals surface area contributed by atoms with Crippen LogP contribution in [0.25, 0.3) is 0 Å². The van der Waals surface area contributed by atoms with E-state index in [1.165, 1.54) is 63.7 Å². The molecule has 0 aromatic heterocycles. The molecule has 1 nitrogen and oxygen atoms in total. The number of ether oxygens (including phenoxy) is 1. The minimum Gasteiger partial charge on any atom is -0.462 e. The highest BCUT2D eigenvalue weighted by molar-refractivity contribution is 5.31. The molecule has 0 spiro atoms. The van der Waals surface area contributed by atoms with E-state index in [0.717, 1.165) is 12.3 Å². The van der Waals surface area contributed by atoms with Gasteiger partial charge in [0, 0.05) is 0 Å². The Balaban J connectivity index is 1.79. The highest BCUT2D eigenvalue weighted by Crippen LogP contribution is 2.35. The van der Waals surface area contributed by atoms with Crippen LogP contribution < -0.4 is 4.74 Å². The van der Waals surface area contributed by atoms with Crippen LogP contribution in [0.4, 0.5) is 8.78 Å². The van der Waals surface area contributed by atoms with E-state index in [1.807, 2.05) is 0 Å². The van der Waals surface area contributed by atoms with E-state index in [1.54, 1.807) is 19.1 Å². The van der Waals surface area contributed by atoms with Gasteiger partial charge in [0.15, 0.2) is 11.6 Å². The number of hydrogen-bond donors (Lipinski definition) is 0. The number of benzene rings is 1. The van der Waals surface area contributed by atoms with Crippen molar-refractivity contribution >= 4 is 0 Å². The fourth-order valence-corrected chi connectivity index (χ4v) is 3.85. The van der Waals surface area contributed by atoms with E-state index in [0.29, 0.717) is 17.9 Å². The van der Waals surface area contributed by atoms with Crippen LogP contribution >= 0.6 is 0 Å². The lowest BCUT2D eigenvalue weighted by molar-refractivity contribution is 0.248. The molecule has 1 aromatic carbocycles. The molecule has 0 atom stereocenters. The zero-order chi connectivity index (χ0) is 18.1. The summed E-state index contributed by atoms with van der Waals surface area (Å²) in [6.45, 7) is 4.01. The van der Waals surface area contributed by atoms with Gasteiger partial charge in [-0.3, -0.25) is 0 Å². The van der Waals surface area contributed by atoms with Crippen molar-refractivity contribution in [2.24, 2.45) is 11.8 Å². The summed E-state index contributed by atoms with van der Waals surface area (Å²) >= 11 is 0. The van der Waals surface area contributed by atoms with Crippen molar-refractivity contribution in [1.82, 2.24) is 0 Å². The van der Waals surface area contributed by atoms with E-state index in [4.69, 9.17) is 4.74 Å². The van der Waals surface area contributed by atoms with Crippen molar-refractivity contribution < 1.29 is 13.5 Å². The molecule has 2 rings (SSSR count). The largest absolute Gasteiger partial charge is 0.462 e. The van der Waals surface area contributed by atoms with E-state index >= 15 is 0 Å². The molecule has 25 heavy (non-hydrogen) atoms. The van der Waals surface area contributed by atoms with E-state index in [2.05, 4.69) is 6.92 Å². The second kappa shape index (κ2) is 10.6. The topological polar surface area (TPSA) is 9.23 Å². The van der Waals surface area contributed by atoms with Crippen LogP contribution in [0.3, 0.4) is 0 Å². The number of aryl methyl sites for hydroxylation is 1. The Bertz CT molecular complexity index is 545. The Morgan fingerprint density at radius 1 is 1.00 bits per heavy atom. The molecule has 0 aliphatic heterocycles. The summed E-state index contributed by atoms with van der Waals surface area (Å²) in [5, 5.41) is 0. The van der Waals surface area contributed by atoms with Gasteiger partial charge in [-0.25, -0.2) is 4.39 Å². The Morgan fingerprint density at radius 3 is 2.32 bits per heavy atom. The summed E-state index contributed by atoms with van der Waals surface area (Å²) in [5.74, 6) is -0.138. The molecule has 0 N–H and O–H groups in total. The lowest BCUT2D eigenvalue weighted by atomic mass is 9.78. The van der Waals surface area contributed by atoms with Gasteiger partial charge in [-0.15, -0.1) is 0 Å². The molecular weight excluding hydrogens is 318 g/mol. The average Bonchev–Trinajstić information content (AvgIpc) is 2.63. The Labute approximate surface area is 151 Å². The summed E-state index contributed by atoms with van der Waals surface area (Å²) < 4.78 is 33.3. The zero-order valence-electron chi connectivity index (χ0n) is 15.7. The van der Waals surface area contributed by atoms with Gasteiger partial charge in [-0.1, -0.05) is 70.4 Å². The molecule has 0 amide bonds. The third kappa shape index (κ3) is 6.13. The van der Waals surface area contributed by atoms with E-state index in [-0.39, 0.29) is 5.75 Å². The van der Waals surface area contributed by atoms with Crippen molar-refractivity contribution in [3.8, 4) is 5.75 Å². The Morgan fingerprint density at radius 2 is 1.68 bits per heavy atom. The molecule has 1 fully saturated rings. The Hall–Kier alpha value is -1.38. The van der Waals surface area contributed by atoms with Gasteiger partial charge in [-0.2, -0.15) is 4.39 Å². The molecule has 1 saturated carbocycles. The number of allylic oxidation sites excluding steroid dienone is 1. The predicted octanol–water partition coefficient (Wildman–Crippen LogP) is 7.20. The zero-order valence-corrected chi connectivity index (χ0v) is 15.7. The molecule has 140 valence electrons. The summed E-state index contributed by atoms with van der Waals surface area (Å²) in [5.41, 5.74) is 0.468. The number of unbranched alkanes of at least 4 members (excludes halogenated alkanes) is 2. The number of rotatable bonds is 9. The number of halogens is 2. The first-order valence-electron chi connectivity index (χ1n) is 9.90. The third-order valence-electron chi connectivity index (χ3n) is 5.46. The highest BCUT2D eigenvalue weighted by atomic mass is 19.2. The summed E-state index contributed by atoms with van der Waals surface area (Å²) in [6.07, 6.45) is 15.0. The highest BCUT2D eigenvalue weighted by Gasteiger charge is 2.22. The predicted molar refractivity (Wildman–Crippen MR) is 99.7 cm³/mol. The average molecular weight is 350 g/mol. The van der Waals surface area contributed by atoms with Gasteiger partial charge in [0.1, 0.15) is 0 Å². The van der Waals surface area contributed by atoms with Gasteiger partial charge in [0.25, 0.3) is 0 Å². The first-order chi connectivity index (χ1) is 12.2. The SMILES string of the molecule is CC=COc1ccc(CCC2CCC(CCCCC)CC2)c(F)c1F. The maximum atomic E-state index is 14.2. The molecule has 0 bridgehead atoms. The van der Waals surface area contributed by atoms with Gasteiger partial charge in [0.05, 0.1) is 6.26 Å². The molecule has 0 heterocycles. The molecule has 0 radical (unpaired) electrons. The van der Waals surface area contributed by atoms with E-state index in [9.17, 15) is 8.78 Å². The van der Waals surface area contributed by atoms with Crippen LogP contribution in [-0.4, -0.2) is 0 Å². The monoisotopic (exact) mass is 350 g/mol. The third-order valence-corrected chi connectivity index (χ3v) is 5.46. The molecule has 1 aliphatic carbocycles. The maximum absolute atomic E-state index is 14.2. The molecular formula is C22H32F2O. The maximum Gasteiger partial charge on any atom is 0.201 e. The van der Waals surface area contributed by atoms with Crippen molar-refractivity contribution in [3.05, 3.63) is 41.7 Å². The summed E-state index contributed by atoms with van der Waals surface area (Å²) in [6, 6.07) is 3.19. The lowest BCUT2D eigenvalue weighted by Crippen LogP contribution is -2.15. The van der Waals surface area contributed by atoms with Crippen molar-refractivity contribution in [2.75, 3.05) is 0 Å². The van der Waals surface area contributed by atoms with Crippen LogP contribution in [0.2, 0.25) is 0 Å². The van der Waals surface area contributed by atoms with Crippen LogP contribution in [-0.2, 0) is 6.42 Å². The van der Waals surface area contributed by atoms with E-state index < -0.39 is 11.6 Å². The van der Waals surface area contributed by atoms with Crippen LogP contribution in [0.5, 0.6) is 5.75 Å². The number of hydrogen-bond acceptors (Lipinski definition) is 1. The van der Waals surface area contributed by atoms with Crippen LogP contribution in [0, 0.1) is 23.5 Å². The van der Waals surface area contributed by atoms with Crippen molar-refractivity contribution in [3.63, 3.8) is 0 Å². The second-order valence-corrected chi connectivity index (χ2v) is 7.36. The standard InChI is InChI=1S/C22H32F2O/c1-3-5-6-7-17-8-10-18(11-9-17)12-13-19-14-15-20(25-16-4-2)22(24)21(19)23/h4,14-18H,3,5-13H2,1-2H3. The smallest absolute Gasteiger partial charge is 0.201 e. The Kier molecular flexibility index (Phi) is 8.43. The molecule has 1 aliphatic rings. The molecule has 0 saturated heterocycles. The normalized spacial score (nSPS) is 21.0. The molecule has 3 heteroatoms. The van der Waals surface area contributed by atoms with Crippen molar-refractivity contribution in [2.45, 2.75) is 78.1 Å². The fourth-order valence-electron chi connectivity index (χ4n) is 3.85. The van der Waals surface area contributed by atoms with Gasteiger partial charge < -0.3 is 4.74 Å². The van der Waals surface area contributed by atoms with Gasteiger partial charge in [-0.05, 0) is 43.2 Å². The lowest BCUT2D eigenvalue weighted by Gasteiger charge is -2.28. The summed E-state index contributed by atoms with van der Waals surface area (Å²) in [4.78, 5) is 0. The summed E-state index contributed by atoms with van der Waals surface area (Å²) in [7, 11) is 0. The minimum absolute atomic E-state index is 0.0491. The second-order valence-electron chi connectivity index (χ2n) is 7.36. The van der Waals surface area contributed by atoms with Crippen LogP contribution in [0.1, 0.15) is 77.2 Å². The molecule has 1 aromatic rings.